The summed E-state index contributed by atoms with van der Waals surface area (Å²) in [6.07, 6.45) is 2.41. The number of hydrogen-bond acceptors (Lipinski definition) is 4. The van der Waals surface area contributed by atoms with E-state index in [-0.39, 0.29) is 23.7 Å². The number of aromatic nitrogens is 2. The molecule has 0 saturated carbocycles. The summed E-state index contributed by atoms with van der Waals surface area (Å²) in [5.74, 6) is 0.692. The molecule has 1 aliphatic heterocycles. The van der Waals surface area contributed by atoms with Gasteiger partial charge >= 0.3 is 0 Å². The van der Waals surface area contributed by atoms with Crippen molar-refractivity contribution >= 4 is 29.1 Å². The van der Waals surface area contributed by atoms with Gasteiger partial charge in [-0.1, -0.05) is 25.4 Å². The molecular weight excluding hydrogens is 364 g/mol. The number of nitrogens with one attached hydrogen (secondary N) is 1. The first-order valence-corrected chi connectivity index (χ1v) is 9.42. The fraction of sp³-hybridized carbons (Fsp3) is 0.400. The van der Waals surface area contributed by atoms with Crippen molar-refractivity contribution in [3.8, 4) is 0 Å². The molecule has 0 unspecified atom stereocenters. The first-order valence-electron chi connectivity index (χ1n) is 9.04. The number of likely N-dealkylation sites (tertiary alicyclic amines) is 1. The Bertz CT molecular complexity index is 852. The average Bonchev–Trinajstić information content (AvgIpc) is 3.12. The summed E-state index contributed by atoms with van der Waals surface area (Å²) in [7, 11) is 0. The van der Waals surface area contributed by atoms with Gasteiger partial charge in [-0.05, 0) is 37.6 Å². The van der Waals surface area contributed by atoms with Crippen LogP contribution in [0.25, 0.3) is 0 Å². The lowest BCUT2D eigenvalue weighted by molar-refractivity contribution is -0.133. The lowest BCUT2D eigenvalue weighted by Gasteiger charge is -2.18. The van der Waals surface area contributed by atoms with Crippen molar-refractivity contribution < 1.29 is 9.59 Å². The summed E-state index contributed by atoms with van der Waals surface area (Å²) in [4.78, 5) is 35.5. The Morgan fingerprint density at radius 3 is 2.59 bits per heavy atom. The fourth-order valence-electron chi connectivity index (χ4n) is 3.17. The molecule has 6 nitrogen and oxygen atoms in total. The molecule has 0 bridgehead atoms. The minimum atomic E-state index is -0.260. The summed E-state index contributed by atoms with van der Waals surface area (Å²) in [6, 6.07) is 6.91. The molecule has 0 spiro atoms. The number of anilines is 1. The van der Waals surface area contributed by atoms with Crippen LogP contribution >= 0.6 is 11.6 Å². The predicted octanol–water partition coefficient (Wildman–Crippen LogP) is 3.66. The van der Waals surface area contributed by atoms with Crippen LogP contribution in [0.5, 0.6) is 0 Å². The number of aryl methyl sites for hydroxylation is 1. The van der Waals surface area contributed by atoms with Gasteiger partial charge in [0.25, 0.3) is 5.91 Å². The third-order valence-corrected chi connectivity index (χ3v) is 4.96. The van der Waals surface area contributed by atoms with E-state index in [1.165, 1.54) is 0 Å². The van der Waals surface area contributed by atoms with Gasteiger partial charge in [-0.2, -0.15) is 0 Å². The molecule has 2 amide bonds. The van der Waals surface area contributed by atoms with Crippen molar-refractivity contribution in [2.45, 2.75) is 33.1 Å². The van der Waals surface area contributed by atoms with Crippen LogP contribution in [-0.4, -0.2) is 39.8 Å². The van der Waals surface area contributed by atoms with Gasteiger partial charge in [0.15, 0.2) is 0 Å². The number of carbonyl (C=O) groups excluding carboxylic acids is 2. The number of halogens is 1. The highest BCUT2D eigenvalue weighted by Gasteiger charge is 2.30. The zero-order valence-electron chi connectivity index (χ0n) is 15.7. The molecule has 1 aromatic heterocycles. The van der Waals surface area contributed by atoms with E-state index in [4.69, 9.17) is 11.6 Å². The molecule has 1 atom stereocenters. The normalized spacial score (nSPS) is 16.6. The second-order valence-corrected chi connectivity index (χ2v) is 7.55. The fourth-order valence-corrected chi connectivity index (χ4v) is 3.30. The van der Waals surface area contributed by atoms with E-state index in [0.717, 1.165) is 13.0 Å². The molecule has 142 valence electrons. The molecule has 1 saturated heterocycles. The summed E-state index contributed by atoms with van der Waals surface area (Å²) in [6.45, 7) is 6.97. The van der Waals surface area contributed by atoms with Crippen molar-refractivity contribution in [1.82, 2.24) is 14.9 Å². The number of rotatable bonds is 4. The van der Waals surface area contributed by atoms with Gasteiger partial charge in [-0.25, -0.2) is 9.97 Å². The van der Waals surface area contributed by atoms with E-state index in [2.05, 4.69) is 15.3 Å². The molecule has 1 aliphatic rings. The zero-order chi connectivity index (χ0) is 19.6. The van der Waals surface area contributed by atoms with Gasteiger partial charge in [0, 0.05) is 41.8 Å². The van der Waals surface area contributed by atoms with Crippen LogP contribution in [0.1, 0.15) is 48.1 Å². The molecule has 1 aromatic carbocycles. The number of carbonyl (C=O) groups is 2. The van der Waals surface area contributed by atoms with E-state index in [1.54, 1.807) is 37.4 Å². The molecule has 0 radical (unpaired) electrons. The minimum absolute atomic E-state index is 0.00894. The largest absolute Gasteiger partial charge is 0.342 e. The average molecular weight is 387 g/mol. The summed E-state index contributed by atoms with van der Waals surface area (Å²) >= 11 is 5.86. The third kappa shape index (κ3) is 4.45. The van der Waals surface area contributed by atoms with Crippen molar-refractivity contribution in [1.29, 1.82) is 0 Å². The van der Waals surface area contributed by atoms with Crippen molar-refractivity contribution in [3.05, 3.63) is 52.6 Å². The number of hydrogen-bond donors (Lipinski definition) is 1. The molecule has 0 aliphatic carbocycles. The van der Waals surface area contributed by atoms with Crippen LogP contribution in [0.15, 0.2) is 30.5 Å². The Kier molecular flexibility index (Phi) is 5.75. The lowest BCUT2D eigenvalue weighted by Crippen LogP contribution is -2.32. The Morgan fingerprint density at radius 2 is 1.96 bits per heavy atom. The quantitative estimate of drug-likeness (QED) is 0.869. The Balaban J connectivity index is 1.69. The molecule has 1 fully saturated rings. The van der Waals surface area contributed by atoms with Crippen LogP contribution in [0.4, 0.5) is 5.69 Å². The van der Waals surface area contributed by atoms with Gasteiger partial charge in [0.1, 0.15) is 5.82 Å². The Hall–Kier alpha value is -2.47. The SMILES string of the molecule is Cc1nc([C@@H]2CCN(C(=O)C(C)C)C2)ncc1C(=O)Nc1ccc(Cl)cc1. The number of amides is 2. The topological polar surface area (TPSA) is 75.2 Å². The Morgan fingerprint density at radius 1 is 1.26 bits per heavy atom. The van der Waals surface area contributed by atoms with Crippen LogP contribution < -0.4 is 5.32 Å². The standard InChI is InChI=1S/C20H23ClN4O2/c1-12(2)20(27)25-9-8-14(11-25)18-22-10-17(13(3)23-18)19(26)24-16-6-4-15(21)5-7-16/h4-7,10,12,14H,8-9,11H2,1-3H3,(H,24,26)/t14-/m1/s1. The van der Waals surface area contributed by atoms with Crippen LogP contribution in [0.2, 0.25) is 5.02 Å². The molecule has 7 heteroatoms. The van der Waals surface area contributed by atoms with E-state index in [9.17, 15) is 9.59 Å². The van der Waals surface area contributed by atoms with Crippen molar-refractivity contribution in [2.75, 3.05) is 18.4 Å². The zero-order valence-corrected chi connectivity index (χ0v) is 16.5. The van der Waals surface area contributed by atoms with Gasteiger partial charge in [-0.3, -0.25) is 9.59 Å². The summed E-state index contributed by atoms with van der Waals surface area (Å²) in [5.41, 5.74) is 1.72. The highest BCUT2D eigenvalue weighted by atomic mass is 35.5. The monoisotopic (exact) mass is 386 g/mol. The van der Waals surface area contributed by atoms with Crippen LogP contribution in [-0.2, 0) is 4.79 Å². The number of benzene rings is 1. The van der Waals surface area contributed by atoms with E-state index < -0.39 is 0 Å². The van der Waals surface area contributed by atoms with Crippen LogP contribution in [0.3, 0.4) is 0 Å². The smallest absolute Gasteiger partial charge is 0.259 e. The molecule has 27 heavy (non-hydrogen) atoms. The van der Waals surface area contributed by atoms with Gasteiger partial charge in [0.05, 0.1) is 11.3 Å². The maximum Gasteiger partial charge on any atom is 0.259 e. The molecule has 3 rings (SSSR count). The second kappa shape index (κ2) is 8.05. The third-order valence-electron chi connectivity index (χ3n) is 4.70. The van der Waals surface area contributed by atoms with E-state index >= 15 is 0 Å². The first kappa shape index (κ1) is 19.3. The molecule has 2 heterocycles. The highest BCUT2D eigenvalue weighted by molar-refractivity contribution is 6.30. The second-order valence-electron chi connectivity index (χ2n) is 7.11. The minimum Gasteiger partial charge on any atom is -0.342 e. The van der Waals surface area contributed by atoms with E-state index in [0.29, 0.717) is 34.3 Å². The summed E-state index contributed by atoms with van der Waals surface area (Å²) < 4.78 is 0. The first-order chi connectivity index (χ1) is 12.8. The van der Waals surface area contributed by atoms with Gasteiger partial charge < -0.3 is 10.2 Å². The van der Waals surface area contributed by atoms with Crippen molar-refractivity contribution in [2.24, 2.45) is 5.92 Å². The number of nitrogens with zero attached hydrogens (tertiary/aromatic N) is 3. The summed E-state index contributed by atoms with van der Waals surface area (Å²) in [5, 5.41) is 3.43. The highest BCUT2D eigenvalue weighted by Crippen LogP contribution is 2.26. The van der Waals surface area contributed by atoms with E-state index in [1.807, 2.05) is 18.7 Å². The van der Waals surface area contributed by atoms with Gasteiger partial charge in [-0.15, -0.1) is 0 Å². The van der Waals surface area contributed by atoms with Crippen molar-refractivity contribution in [3.63, 3.8) is 0 Å². The Labute approximate surface area is 164 Å². The maximum absolute atomic E-state index is 12.5. The van der Waals surface area contributed by atoms with Crippen LogP contribution in [0, 0.1) is 12.8 Å². The molecule has 2 aromatic rings. The van der Waals surface area contributed by atoms with Gasteiger partial charge in [0.2, 0.25) is 5.91 Å². The predicted molar refractivity (Wildman–Crippen MR) is 105 cm³/mol. The maximum atomic E-state index is 12.5. The molecule has 1 N–H and O–H groups in total. The molecular formula is C20H23ClN4O2. The lowest BCUT2D eigenvalue weighted by atomic mass is 10.1.